The summed E-state index contributed by atoms with van der Waals surface area (Å²) >= 11 is 5.95. The fourth-order valence-electron chi connectivity index (χ4n) is 4.24. The quantitative estimate of drug-likeness (QED) is 0.495. The molecule has 7 nitrogen and oxygen atoms in total. The summed E-state index contributed by atoms with van der Waals surface area (Å²) in [6.07, 6.45) is 0.468. The van der Waals surface area contributed by atoms with Crippen molar-refractivity contribution in [2.75, 3.05) is 18.8 Å². The van der Waals surface area contributed by atoms with E-state index >= 15 is 0 Å². The van der Waals surface area contributed by atoms with Crippen LogP contribution < -0.4 is 15.8 Å². The predicted octanol–water partition coefficient (Wildman–Crippen LogP) is 4.62. The Hall–Kier alpha value is -3.30. The molecule has 1 fully saturated rings. The van der Waals surface area contributed by atoms with Gasteiger partial charge in [0, 0.05) is 41.9 Å². The van der Waals surface area contributed by atoms with Crippen molar-refractivity contribution in [2.45, 2.75) is 39.0 Å². The number of nitrogens with one attached hydrogen (secondary N) is 1. The first-order chi connectivity index (χ1) is 16.6. The average molecular weight is 502 g/mol. The van der Waals surface area contributed by atoms with Gasteiger partial charge in [-0.25, -0.2) is 18.7 Å². The number of benzene rings is 2. The lowest BCUT2D eigenvalue weighted by Crippen LogP contribution is -2.55. The second-order valence-electron chi connectivity index (χ2n) is 8.72. The molecule has 1 aliphatic rings. The number of hydrogen-bond acceptors (Lipinski definition) is 6. The Balaban J connectivity index is 1.60. The number of nitrogens with zero attached hydrogens (tertiary/aromatic N) is 3. The van der Waals surface area contributed by atoms with Gasteiger partial charge in [0.05, 0.1) is 16.9 Å². The van der Waals surface area contributed by atoms with Crippen LogP contribution in [0.2, 0.25) is 5.02 Å². The van der Waals surface area contributed by atoms with E-state index < -0.39 is 17.7 Å². The third kappa shape index (κ3) is 5.36. The lowest BCUT2D eigenvalue weighted by Gasteiger charge is -2.36. The summed E-state index contributed by atoms with van der Waals surface area (Å²) in [6.45, 7) is 6.82. The highest BCUT2D eigenvalue weighted by Crippen LogP contribution is 2.33. The summed E-state index contributed by atoms with van der Waals surface area (Å²) in [5.41, 5.74) is 7.35. The molecule has 0 bridgehead atoms. The van der Waals surface area contributed by atoms with Gasteiger partial charge < -0.3 is 20.7 Å². The van der Waals surface area contributed by atoms with Crippen LogP contribution >= 0.6 is 11.6 Å². The highest BCUT2D eigenvalue weighted by Gasteiger charge is 2.26. The Morgan fingerprint density at radius 3 is 2.60 bits per heavy atom. The van der Waals surface area contributed by atoms with Crippen LogP contribution in [-0.4, -0.2) is 45.9 Å². The second-order valence-corrected chi connectivity index (χ2v) is 9.10. The van der Waals surface area contributed by atoms with Crippen molar-refractivity contribution in [1.82, 2.24) is 20.2 Å². The standard InChI is InChI=1S/C25H26ClF2N5O2/c1-13-11-33(12-14(2)31-13)25(34)17-6-4-5-16(9-17)20-10-30-23(29)24(32-20)35-15(3)21-18(27)7-8-19(28)22(21)26/h4-10,13-15,31H,11-12H2,1-3H3,(H2,29,30)/t13-,14+,15?. The van der Waals surface area contributed by atoms with E-state index in [0.29, 0.717) is 29.9 Å². The fraction of sp³-hybridized carbons (Fsp3) is 0.320. The SMILES string of the molecule is CC(Oc1nc(-c2cccc(C(=O)N3C[C@@H](C)N[C@@H](C)C3)c2)cnc1N)c1c(F)ccc(F)c1Cl. The monoisotopic (exact) mass is 501 g/mol. The number of nitrogens with two attached hydrogens (primary N) is 1. The van der Waals surface area contributed by atoms with Gasteiger partial charge in [-0.05, 0) is 45.0 Å². The zero-order chi connectivity index (χ0) is 25.3. The van der Waals surface area contributed by atoms with Gasteiger partial charge in [-0.15, -0.1) is 0 Å². The first kappa shape index (κ1) is 24.8. The molecule has 2 heterocycles. The molecule has 3 N–H and O–H groups in total. The maximum absolute atomic E-state index is 14.3. The number of carbonyl (C=O) groups excluding carboxylic acids is 1. The van der Waals surface area contributed by atoms with Gasteiger partial charge in [0.1, 0.15) is 17.7 Å². The van der Waals surface area contributed by atoms with E-state index in [0.717, 1.165) is 12.1 Å². The van der Waals surface area contributed by atoms with Crippen LogP contribution in [0.3, 0.4) is 0 Å². The minimum absolute atomic E-state index is 0.0236. The highest BCUT2D eigenvalue weighted by molar-refractivity contribution is 6.31. The molecule has 2 aromatic carbocycles. The molecule has 0 aliphatic carbocycles. The van der Waals surface area contributed by atoms with E-state index in [1.807, 2.05) is 18.7 Å². The summed E-state index contributed by atoms with van der Waals surface area (Å²) in [5, 5.41) is 3.04. The summed E-state index contributed by atoms with van der Waals surface area (Å²) in [6, 6.07) is 9.36. The number of amides is 1. The van der Waals surface area contributed by atoms with Crippen LogP contribution in [0.15, 0.2) is 42.6 Å². The van der Waals surface area contributed by atoms with Crippen molar-refractivity contribution in [3.8, 4) is 17.1 Å². The highest BCUT2D eigenvalue weighted by atomic mass is 35.5. The van der Waals surface area contributed by atoms with Gasteiger partial charge in [0.2, 0.25) is 0 Å². The maximum Gasteiger partial charge on any atom is 0.258 e. The lowest BCUT2D eigenvalue weighted by atomic mass is 10.1. The van der Waals surface area contributed by atoms with Gasteiger partial charge in [0.15, 0.2) is 5.82 Å². The van der Waals surface area contributed by atoms with Crippen LogP contribution in [0, 0.1) is 11.6 Å². The molecule has 10 heteroatoms. The molecule has 3 aromatic rings. The number of ether oxygens (including phenoxy) is 1. The van der Waals surface area contributed by atoms with Crippen molar-refractivity contribution in [2.24, 2.45) is 0 Å². The molecule has 0 saturated carbocycles. The van der Waals surface area contributed by atoms with E-state index in [1.165, 1.54) is 13.1 Å². The van der Waals surface area contributed by atoms with E-state index in [9.17, 15) is 13.6 Å². The minimum Gasteiger partial charge on any atom is -0.467 e. The molecule has 1 unspecified atom stereocenters. The normalized spacial score (nSPS) is 18.9. The smallest absolute Gasteiger partial charge is 0.258 e. The number of halogens is 3. The zero-order valence-electron chi connectivity index (χ0n) is 19.6. The van der Waals surface area contributed by atoms with Crippen molar-refractivity contribution in [1.29, 1.82) is 0 Å². The molecule has 0 radical (unpaired) electrons. The summed E-state index contributed by atoms with van der Waals surface area (Å²) in [7, 11) is 0. The van der Waals surface area contributed by atoms with E-state index in [4.69, 9.17) is 22.1 Å². The summed E-state index contributed by atoms with van der Waals surface area (Å²) < 4.78 is 33.9. The van der Waals surface area contributed by atoms with Crippen molar-refractivity contribution < 1.29 is 18.3 Å². The molecule has 3 atom stereocenters. The third-order valence-corrected chi connectivity index (χ3v) is 6.18. The number of piperazine rings is 1. The Bertz CT molecular complexity index is 1250. The lowest BCUT2D eigenvalue weighted by molar-refractivity contribution is 0.0674. The summed E-state index contributed by atoms with van der Waals surface area (Å²) in [4.78, 5) is 23.5. The number of hydrogen-bond donors (Lipinski definition) is 2. The van der Waals surface area contributed by atoms with Crippen molar-refractivity contribution >= 4 is 23.3 Å². The van der Waals surface area contributed by atoms with Gasteiger partial charge in [0.25, 0.3) is 11.8 Å². The fourth-order valence-corrected chi connectivity index (χ4v) is 4.54. The Morgan fingerprint density at radius 2 is 1.89 bits per heavy atom. The van der Waals surface area contributed by atoms with Gasteiger partial charge >= 0.3 is 0 Å². The molecular formula is C25H26ClF2N5O2. The maximum atomic E-state index is 14.3. The van der Waals surface area contributed by atoms with Crippen LogP contribution in [0.4, 0.5) is 14.6 Å². The number of aromatic nitrogens is 2. The zero-order valence-corrected chi connectivity index (χ0v) is 20.3. The van der Waals surface area contributed by atoms with Gasteiger partial charge in [-0.3, -0.25) is 4.79 Å². The molecular weight excluding hydrogens is 476 g/mol. The first-order valence-corrected chi connectivity index (χ1v) is 11.6. The summed E-state index contributed by atoms with van der Waals surface area (Å²) in [5.74, 6) is -1.63. The topological polar surface area (TPSA) is 93.4 Å². The van der Waals surface area contributed by atoms with Crippen LogP contribution in [-0.2, 0) is 0 Å². The van der Waals surface area contributed by atoms with Crippen molar-refractivity contribution in [3.05, 3.63) is 70.4 Å². The Morgan fingerprint density at radius 1 is 1.20 bits per heavy atom. The average Bonchev–Trinajstić information content (AvgIpc) is 2.82. The van der Waals surface area contributed by atoms with Gasteiger partial charge in [-0.1, -0.05) is 23.7 Å². The predicted molar refractivity (Wildman–Crippen MR) is 130 cm³/mol. The number of nitrogen functional groups attached to an aromatic ring is 1. The second kappa shape index (κ2) is 10.1. The minimum atomic E-state index is -0.991. The number of rotatable bonds is 5. The van der Waals surface area contributed by atoms with Crippen LogP contribution in [0.5, 0.6) is 5.88 Å². The molecule has 4 rings (SSSR count). The molecule has 1 aliphatic heterocycles. The van der Waals surface area contributed by atoms with Crippen LogP contribution in [0.1, 0.15) is 42.8 Å². The van der Waals surface area contributed by atoms with E-state index in [2.05, 4.69) is 15.3 Å². The largest absolute Gasteiger partial charge is 0.467 e. The third-order valence-electron chi connectivity index (χ3n) is 5.79. The number of anilines is 1. The van der Waals surface area contributed by atoms with E-state index in [-0.39, 0.29) is 40.3 Å². The van der Waals surface area contributed by atoms with Crippen LogP contribution in [0.25, 0.3) is 11.3 Å². The number of carbonyl (C=O) groups is 1. The first-order valence-electron chi connectivity index (χ1n) is 11.2. The molecule has 1 aromatic heterocycles. The molecule has 184 valence electrons. The molecule has 35 heavy (non-hydrogen) atoms. The molecule has 1 saturated heterocycles. The van der Waals surface area contributed by atoms with E-state index in [1.54, 1.807) is 24.3 Å². The Labute approximate surface area is 207 Å². The molecule has 0 spiro atoms. The van der Waals surface area contributed by atoms with Gasteiger partial charge in [-0.2, -0.15) is 0 Å². The molecule has 1 amide bonds. The van der Waals surface area contributed by atoms with Crippen molar-refractivity contribution in [3.63, 3.8) is 0 Å². The Kier molecular flexibility index (Phi) is 7.18.